The quantitative estimate of drug-likeness (QED) is 0.434. The van der Waals surface area contributed by atoms with Gasteiger partial charge in [-0.2, -0.15) is 0 Å². The summed E-state index contributed by atoms with van der Waals surface area (Å²) in [4.78, 5) is 13.5. The largest absolute Gasteiger partial charge is 0.264 e. The Balaban J connectivity index is 1.93. The average Bonchev–Trinajstić information content (AvgIpc) is 3.00. The first-order valence-corrected chi connectivity index (χ1v) is 8.19. The maximum absolute atomic E-state index is 4.65. The first-order chi connectivity index (χ1) is 11.4. The maximum atomic E-state index is 4.65. The summed E-state index contributed by atoms with van der Waals surface area (Å²) in [5.74, 6) is 0. The van der Waals surface area contributed by atoms with Gasteiger partial charge in [-0.1, -0.05) is 18.2 Å². The Bertz CT molecular complexity index is 1170. The van der Waals surface area contributed by atoms with E-state index < -0.39 is 0 Å². The van der Waals surface area contributed by atoms with Crippen molar-refractivity contribution < 1.29 is 0 Å². The van der Waals surface area contributed by atoms with Crippen LogP contribution >= 0.6 is 11.3 Å². The third-order valence-electron chi connectivity index (χ3n) is 4.08. The molecule has 0 atom stereocenters. The number of hydrogen-bond acceptors (Lipinski definition) is 4. The molecular formula is C19H11N3S. The highest BCUT2D eigenvalue weighted by Crippen LogP contribution is 2.39. The minimum atomic E-state index is 0.919. The molecule has 5 aromatic rings. The summed E-state index contributed by atoms with van der Waals surface area (Å²) in [6, 6.07) is 14.6. The van der Waals surface area contributed by atoms with E-state index in [4.69, 9.17) is 0 Å². The zero-order valence-corrected chi connectivity index (χ0v) is 12.9. The van der Waals surface area contributed by atoms with Gasteiger partial charge in [0.15, 0.2) is 0 Å². The summed E-state index contributed by atoms with van der Waals surface area (Å²) in [6.45, 7) is 0. The number of thiophene rings is 1. The minimum absolute atomic E-state index is 0.919. The summed E-state index contributed by atoms with van der Waals surface area (Å²) in [5, 5.41) is 4.68. The van der Waals surface area contributed by atoms with Crippen LogP contribution in [0, 0.1) is 0 Å². The predicted molar refractivity (Wildman–Crippen MR) is 95.7 cm³/mol. The Morgan fingerprint density at radius 1 is 0.696 bits per heavy atom. The van der Waals surface area contributed by atoms with E-state index in [1.54, 1.807) is 17.5 Å². The van der Waals surface area contributed by atoms with E-state index >= 15 is 0 Å². The second kappa shape index (κ2) is 4.83. The van der Waals surface area contributed by atoms with Crippen LogP contribution in [0.15, 0.2) is 67.3 Å². The average molecular weight is 313 g/mol. The van der Waals surface area contributed by atoms with E-state index in [0.717, 1.165) is 22.2 Å². The van der Waals surface area contributed by atoms with Crippen LogP contribution in [-0.4, -0.2) is 15.0 Å². The van der Waals surface area contributed by atoms with Crippen LogP contribution < -0.4 is 0 Å². The lowest BCUT2D eigenvalue weighted by Crippen LogP contribution is -1.89. The Morgan fingerprint density at radius 2 is 1.52 bits per heavy atom. The van der Waals surface area contributed by atoms with E-state index in [0.29, 0.717) is 0 Å². The van der Waals surface area contributed by atoms with E-state index in [-0.39, 0.29) is 0 Å². The van der Waals surface area contributed by atoms with Crippen LogP contribution in [0.1, 0.15) is 0 Å². The molecule has 1 aromatic carbocycles. The molecule has 0 radical (unpaired) electrons. The van der Waals surface area contributed by atoms with Gasteiger partial charge in [-0.05, 0) is 24.3 Å². The van der Waals surface area contributed by atoms with Crippen molar-refractivity contribution in [3.8, 4) is 11.4 Å². The third-order valence-corrected chi connectivity index (χ3v) is 5.28. The SMILES string of the molecule is c1ccc2c(c1)sc1c(-c3nccc4cnccc34)nccc12. The normalized spacial score (nSPS) is 11.5. The van der Waals surface area contributed by atoms with Crippen molar-refractivity contribution >= 4 is 42.3 Å². The Morgan fingerprint density at radius 3 is 2.52 bits per heavy atom. The van der Waals surface area contributed by atoms with Crippen LogP contribution in [0.3, 0.4) is 0 Å². The molecule has 3 nitrogen and oxygen atoms in total. The highest BCUT2D eigenvalue weighted by molar-refractivity contribution is 7.26. The standard InChI is InChI=1S/C19H11N3S/c1-2-4-16-14(3-1)15-7-10-22-18(19(15)23-16)17-13-6-8-20-11-12(13)5-9-21-17/h1-11H. The van der Waals surface area contributed by atoms with Crippen molar-refractivity contribution in [2.75, 3.05) is 0 Å². The molecule has 0 saturated heterocycles. The molecule has 5 rings (SSSR count). The fourth-order valence-corrected chi connectivity index (χ4v) is 4.21. The molecule has 0 fully saturated rings. The number of hydrogen-bond donors (Lipinski definition) is 0. The third kappa shape index (κ3) is 1.85. The lowest BCUT2D eigenvalue weighted by atomic mass is 10.1. The number of aromatic nitrogens is 3. The molecule has 0 unspecified atom stereocenters. The maximum Gasteiger partial charge on any atom is 0.107 e. The number of fused-ring (bicyclic) bond motifs is 4. The van der Waals surface area contributed by atoms with Gasteiger partial charge < -0.3 is 0 Å². The second-order valence-corrected chi connectivity index (χ2v) is 6.44. The van der Waals surface area contributed by atoms with Gasteiger partial charge >= 0.3 is 0 Å². The minimum Gasteiger partial charge on any atom is -0.264 e. The van der Waals surface area contributed by atoms with Gasteiger partial charge in [0.2, 0.25) is 0 Å². The molecule has 23 heavy (non-hydrogen) atoms. The van der Waals surface area contributed by atoms with Crippen molar-refractivity contribution in [1.82, 2.24) is 15.0 Å². The first-order valence-electron chi connectivity index (χ1n) is 7.37. The van der Waals surface area contributed by atoms with Gasteiger partial charge in [-0.3, -0.25) is 15.0 Å². The zero-order valence-electron chi connectivity index (χ0n) is 12.1. The number of pyridine rings is 3. The van der Waals surface area contributed by atoms with Crippen LogP contribution in [0.2, 0.25) is 0 Å². The van der Waals surface area contributed by atoms with Crippen LogP contribution in [0.4, 0.5) is 0 Å². The Kier molecular flexibility index (Phi) is 2.66. The molecule has 0 amide bonds. The van der Waals surface area contributed by atoms with Gasteiger partial charge in [0.1, 0.15) is 5.69 Å². The molecule has 108 valence electrons. The van der Waals surface area contributed by atoms with Crippen molar-refractivity contribution in [3.63, 3.8) is 0 Å². The van der Waals surface area contributed by atoms with Crippen molar-refractivity contribution in [2.45, 2.75) is 0 Å². The van der Waals surface area contributed by atoms with Crippen LogP contribution in [0.25, 0.3) is 42.3 Å². The fraction of sp³-hybridized carbons (Fsp3) is 0. The monoisotopic (exact) mass is 313 g/mol. The van der Waals surface area contributed by atoms with Crippen molar-refractivity contribution in [1.29, 1.82) is 0 Å². The zero-order chi connectivity index (χ0) is 15.2. The fourth-order valence-electron chi connectivity index (χ4n) is 3.03. The molecular weight excluding hydrogens is 302 g/mol. The first kappa shape index (κ1) is 12.7. The molecule has 0 saturated carbocycles. The number of benzene rings is 1. The topological polar surface area (TPSA) is 38.7 Å². The molecule has 4 heterocycles. The predicted octanol–water partition coefficient (Wildman–Crippen LogP) is 5.06. The van der Waals surface area contributed by atoms with Gasteiger partial charge in [0.05, 0.1) is 10.4 Å². The molecule has 0 spiro atoms. The van der Waals surface area contributed by atoms with Gasteiger partial charge in [0.25, 0.3) is 0 Å². The van der Waals surface area contributed by atoms with Gasteiger partial charge in [-0.15, -0.1) is 11.3 Å². The van der Waals surface area contributed by atoms with Crippen LogP contribution in [0.5, 0.6) is 0 Å². The highest BCUT2D eigenvalue weighted by Gasteiger charge is 2.14. The molecule has 0 aliphatic heterocycles. The molecule has 4 heteroatoms. The van der Waals surface area contributed by atoms with Crippen molar-refractivity contribution in [2.24, 2.45) is 0 Å². The number of rotatable bonds is 1. The summed E-state index contributed by atoms with van der Waals surface area (Å²) in [6.07, 6.45) is 7.37. The summed E-state index contributed by atoms with van der Waals surface area (Å²) < 4.78 is 2.46. The van der Waals surface area contributed by atoms with E-state index in [2.05, 4.69) is 45.3 Å². The Labute approximate surface area is 136 Å². The molecule has 4 aromatic heterocycles. The lowest BCUT2D eigenvalue weighted by Gasteiger charge is -2.05. The molecule has 0 bridgehead atoms. The van der Waals surface area contributed by atoms with E-state index in [1.807, 2.05) is 30.7 Å². The van der Waals surface area contributed by atoms with Gasteiger partial charge in [0, 0.05) is 51.0 Å². The van der Waals surface area contributed by atoms with E-state index in [1.165, 1.54) is 20.2 Å². The number of nitrogens with zero attached hydrogens (tertiary/aromatic N) is 3. The molecule has 0 N–H and O–H groups in total. The van der Waals surface area contributed by atoms with Gasteiger partial charge in [-0.25, -0.2) is 0 Å². The van der Waals surface area contributed by atoms with Crippen molar-refractivity contribution in [3.05, 3.63) is 67.3 Å². The summed E-state index contributed by atoms with van der Waals surface area (Å²) in [7, 11) is 0. The molecule has 0 aliphatic carbocycles. The lowest BCUT2D eigenvalue weighted by molar-refractivity contribution is 1.28. The second-order valence-electron chi connectivity index (χ2n) is 5.39. The Hall–Kier alpha value is -2.85. The highest BCUT2D eigenvalue weighted by atomic mass is 32.1. The summed E-state index contributed by atoms with van der Waals surface area (Å²) in [5.41, 5.74) is 1.86. The summed E-state index contributed by atoms with van der Waals surface area (Å²) >= 11 is 1.77. The van der Waals surface area contributed by atoms with Crippen LogP contribution in [-0.2, 0) is 0 Å². The smallest absolute Gasteiger partial charge is 0.107 e. The molecule has 0 aliphatic rings. The van der Waals surface area contributed by atoms with E-state index in [9.17, 15) is 0 Å².